The van der Waals surface area contributed by atoms with Gasteiger partial charge in [-0.2, -0.15) is 5.10 Å². The van der Waals surface area contributed by atoms with Gasteiger partial charge in [-0.25, -0.2) is 0 Å². The van der Waals surface area contributed by atoms with Crippen molar-refractivity contribution >= 4 is 30.1 Å². The Labute approximate surface area is 127 Å². The Bertz CT molecular complexity index is 756. The van der Waals surface area contributed by atoms with E-state index in [1.807, 2.05) is 13.0 Å². The lowest BCUT2D eigenvalue weighted by Gasteiger charge is -2.21. The van der Waals surface area contributed by atoms with Crippen molar-refractivity contribution in [1.82, 2.24) is 10.2 Å². The van der Waals surface area contributed by atoms with Gasteiger partial charge in [0, 0.05) is 11.3 Å². The van der Waals surface area contributed by atoms with Crippen molar-refractivity contribution in [2.45, 2.75) is 13.3 Å². The summed E-state index contributed by atoms with van der Waals surface area (Å²) in [6.07, 6.45) is 2.15. The van der Waals surface area contributed by atoms with Gasteiger partial charge in [0.25, 0.3) is 5.91 Å². The Morgan fingerprint density at radius 1 is 1.55 bits per heavy atom. The molecule has 1 aromatic heterocycles. The molecule has 7 nitrogen and oxygen atoms in total. The lowest BCUT2D eigenvalue weighted by Crippen LogP contribution is -2.23. The maximum atomic E-state index is 11.3. The van der Waals surface area contributed by atoms with E-state index in [1.54, 1.807) is 18.1 Å². The van der Waals surface area contributed by atoms with E-state index in [1.165, 1.54) is 6.20 Å². The summed E-state index contributed by atoms with van der Waals surface area (Å²) in [6, 6.07) is 5.45. The van der Waals surface area contributed by atoms with Crippen LogP contribution in [0.1, 0.15) is 29.3 Å². The second-order valence-electron chi connectivity index (χ2n) is 4.91. The minimum absolute atomic E-state index is 0.288. The molecule has 0 fully saturated rings. The van der Waals surface area contributed by atoms with Gasteiger partial charge in [0.1, 0.15) is 17.1 Å². The summed E-state index contributed by atoms with van der Waals surface area (Å²) in [5.41, 5.74) is 8.23. The van der Waals surface area contributed by atoms with Crippen molar-refractivity contribution in [3.63, 3.8) is 0 Å². The topological polar surface area (TPSA) is 113 Å². The van der Waals surface area contributed by atoms with Crippen molar-refractivity contribution in [1.29, 1.82) is 0 Å². The number of fused-ring (bicyclic) bond motifs is 1. The summed E-state index contributed by atoms with van der Waals surface area (Å²) in [7, 11) is -0.921. The second-order valence-corrected chi connectivity index (χ2v) is 4.91. The Balaban J connectivity index is 1.93. The Hall–Kier alpha value is -2.74. The molecule has 0 saturated heterocycles. The molecule has 2 aromatic rings. The number of H-pyrrole nitrogens is 1. The van der Waals surface area contributed by atoms with E-state index >= 15 is 0 Å². The van der Waals surface area contributed by atoms with Gasteiger partial charge in [-0.05, 0) is 36.2 Å². The first-order chi connectivity index (χ1) is 10.6. The SMILES string of the molecule is CCC1=CB(O)Oc2ccc(Nc3[nH]ncc3C(N)=O)cc21. The highest BCUT2D eigenvalue weighted by Gasteiger charge is 2.23. The molecule has 2 heterocycles. The third-order valence-electron chi connectivity index (χ3n) is 3.47. The molecule has 1 aromatic carbocycles. The number of hydrogen-bond donors (Lipinski definition) is 4. The largest absolute Gasteiger partial charge is 0.552 e. The third-order valence-corrected chi connectivity index (χ3v) is 3.47. The first-order valence-corrected chi connectivity index (χ1v) is 6.88. The molecule has 1 aliphatic rings. The molecule has 0 bridgehead atoms. The van der Waals surface area contributed by atoms with Gasteiger partial charge >= 0.3 is 7.12 Å². The van der Waals surface area contributed by atoms with E-state index in [9.17, 15) is 9.82 Å². The molecule has 0 aliphatic carbocycles. The van der Waals surface area contributed by atoms with Crippen LogP contribution < -0.4 is 15.7 Å². The van der Waals surface area contributed by atoms with E-state index in [0.717, 1.165) is 23.2 Å². The van der Waals surface area contributed by atoms with Crippen molar-refractivity contribution < 1.29 is 14.5 Å². The standard InChI is InChI=1S/C14H15BN4O3/c1-2-8-6-15(21)22-12-4-3-9(5-10(8)12)18-14-11(13(16)20)7-17-19-14/h3-7,21H,2H2,1H3,(H2,16,20)(H2,17,18,19). The predicted octanol–water partition coefficient (Wildman–Crippen LogP) is 1.46. The Kier molecular flexibility index (Phi) is 3.60. The van der Waals surface area contributed by atoms with Crippen molar-refractivity contribution in [2.75, 3.05) is 5.32 Å². The van der Waals surface area contributed by atoms with E-state index < -0.39 is 13.0 Å². The highest BCUT2D eigenvalue weighted by molar-refractivity contribution is 6.52. The van der Waals surface area contributed by atoms with Gasteiger partial charge in [-0.15, -0.1) is 0 Å². The molecule has 3 rings (SSSR count). The molecule has 0 saturated carbocycles. The number of carbonyl (C=O) groups excluding carboxylic acids is 1. The van der Waals surface area contributed by atoms with Crippen LogP contribution in [-0.2, 0) is 0 Å². The molecule has 112 valence electrons. The Morgan fingerprint density at radius 3 is 3.09 bits per heavy atom. The van der Waals surface area contributed by atoms with Crippen LogP contribution in [0.2, 0.25) is 0 Å². The molecular weight excluding hydrogens is 283 g/mol. The lowest BCUT2D eigenvalue weighted by molar-refractivity contribution is 0.100. The molecule has 8 heteroatoms. The monoisotopic (exact) mass is 298 g/mol. The van der Waals surface area contributed by atoms with Crippen molar-refractivity contribution in [3.05, 3.63) is 41.5 Å². The lowest BCUT2D eigenvalue weighted by atomic mass is 9.81. The molecule has 1 amide bonds. The van der Waals surface area contributed by atoms with Gasteiger partial charge in [0.15, 0.2) is 0 Å². The number of nitrogens with zero attached hydrogens (tertiary/aromatic N) is 1. The maximum absolute atomic E-state index is 11.3. The quantitative estimate of drug-likeness (QED) is 0.638. The number of rotatable bonds is 4. The summed E-state index contributed by atoms with van der Waals surface area (Å²) in [5.74, 6) is 2.18. The number of aromatic amines is 1. The summed E-state index contributed by atoms with van der Waals surface area (Å²) in [4.78, 5) is 11.3. The third kappa shape index (κ3) is 2.56. The zero-order valence-electron chi connectivity index (χ0n) is 12.0. The Morgan fingerprint density at radius 2 is 2.36 bits per heavy atom. The van der Waals surface area contributed by atoms with E-state index in [4.69, 9.17) is 10.4 Å². The number of amides is 1. The fourth-order valence-electron chi connectivity index (χ4n) is 2.41. The molecule has 0 radical (unpaired) electrons. The zero-order chi connectivity index (χ0) is 15.7. The highest BCUT2D eigenvalue weighted by atomic mass is 16.5. The molecule has 1 aliphatic heterocycles. The summed E-state index contributed by atoms with van der Waals surface area (Å²) < 4.78 is 5.37. The molecule has 0 atom stereocenters. The first kappa shape index (κ1) is 14.2. The van der Waals surface area contributed by atoms with Crippen molar-refractivity contribution in [2.24, 2.45) is 5.73 Å². The van der Waals surface area contributed by atoms with Crippen LogP contribution in [0.5, 0.6) is 5.75 Å². The van der Waals surface area contributed by atoms with Gasteiger partial charge in [-0.3, -0.25) is 9.89 Å². The summed E-state index contributed by atoms with van der Waals surface area (Å²) in [6.45, 7) is 2.01. The number of carbonyl (C=O) groups is 1. The minimum atomic E-state index is -0.921. The van der Waals surface area contributed by atoms with Gasteiger partial charge < -0.3 is 20.7 Å². The van der Waals surface area contributed by atoms with E-state index in [2.05, 4.69) is 15.5 Å². The predicted molar refractivity (Wildman–Crippen MR) is 83.7 cm³/mol. The number of anilines is 2. The number of hydrogen-bond acceptors (Lipinski definition) is 5. The van der Waals surface area contributed by atoms with Crippen LogP contribution in [0, 0.1) is 0 Å². The normalized spacial score (nSPS) is 13.2. The van der Waals surface area contributed by atoms with Crippen molar-refractivity contribution in [3.8, 4) is 5.75 Å². The molecule has 0 unspecified atom stereocenters. The number of nitrogens with two attached hydrogens (primary N) is 1. The fraction of sp³-hybridized carbons (Fsp3) is 0.143. The average molecular weight is 298 g/mol. The maximum Gasteiger partial charge on any atom is 0.552 e. The fourth-order valence-corrected chi connectivity index (χ4v) is 2.41. The minimum Gasteiger partial charge on any atom is -0.532 e. The van der Waals surface area contributed by atoms with Crippen LogP contribution in [0.3, 0.4) is 0 Å². The van der Waals surface area contributed by atoms with E-state index in [-0.39, 0.29) is 5.56 Å². The van der Waals surface area contributed by atoms with Gasteiger partial charge in [0.2, 0.25) is 0 Å². The highest BCUT2D eigenvalue weighted by Crippen LogP contribution is 2.35. The van der Waals surface area contributed by atoms with Crippen LogP contribution >= 0.6 is 0 Å². The smallest absolute Gasteiger partial charge is 0.532 e. The van der Waals surface area contributed by atoms with Crippen LogP contribution in [0.4, 0.5) is 11.5 Å². The number of benzene rings is 1. The van der Waals surface area contributed by atoms with Crippen LogP contribution in [0.25, 0.3) is 5.57 Å². The number of nitrogens with one attached hydrogen (secondary N) is 2. The summed E-state index contributed by atoms with van der Waals surface area (Å²) >= 11 is 0. The number of aromatic nitrogens is 2. The number of primary amides is 1. The molecule has 22 heavy (non-hydrogen) atoms. The summed E-state index contributed by atoms with van der Waals surface area (Å²) in [5, 5.41) is 19.2. The van der Waals surface area contributed by atoms with Gasteiger partial charge in [-0.1, -0.05) is 6.92 Å². The average Bonchev–Trinajstić information content (AvgIpc) is 2.95. The first-order valence-electron chi connectivity index (χ1n) is 6.88. The number of allylic oxidation sites excluding steroid dienone is 1. The molecule has 5 N–H and O–H groups in total. The molecular formula is C14H15BN4O3. The van der Waals surface area contributed by atoms with Gasteiger partial charge in [0.05, 0.1) is 6.20 Å². The second kappa shape index (κ2) is 5.57. The van der Waals surface area contributed by atoms with E-state index in [0.29, 0.717) is 11.6 Å². The van der Waals surface area contributed by atoms with Crippen LogP contribution in [-0.4, -0.2) is 28.2 Å². The molecule has 0 spiro atoms. The zero-order valence-corrected chi connectivity index (χ0v) is 12.0. The van der Waals surface area contributed by atoms with Crippen LogP contribution in [0.15, 0.2) is 30.4 Å².